The zero-order valence-corrected chi connectivity index (χ0v) is 8.57. The van der Waals surface area contributed by atoms with Crippen LogP contribution in [0, 0.1) is 0 Å². The van der Waals surface area contributed by atoms with Crippen LogP contribution in [0.4, 0.5) is 11.4 Å². The Morgan fingerprint density at radius 1 is 1.33 bits per heavy atom. The molecule has 0 bridgehead atoms. The molecule has 2 aliphatic rings. The Balaban J connectivity index is 2.04. The smallest absolute Gasteiger partial charge is 0.154 e. The highest BCUT2D eigenvalue weighted by Crippen LogP contribution is 2.34. The topological polar surface area (TPSA) is 32.3 Å². The molecule has 1 atom stereocenters. The third-order valence-electron chi connectivity index (χ3n) is 3.26. The molecular weight excluding hydrogens is 188 g/mol. The van der Waals surface area contributed by atoms with Crippen molar-refractivity contribution in [3.8, 4) is 0 Å². The number of hydrogen-bond acceptors (Lipinski definition) is 3. The number of benzene rings is 1. The normalized spacial score (nSPS) is 24.1. The van der Waals surface area contributed by atoms with Gasteiger partial charge >= 0.3 is 0 Å². The van der Waals surface area contributed by atoms with Crippen LogP contribution in [-0.2, 0) is 4.79 Å². The number of ketones is 1. The first-order chi connectivity index (χ1) is 7.34. The molecule has 1 aromatic carbocycles. The van der Waals surface area contributed by atoms with Crippen molar-refractivity contribution >= 4 is 17.2 Å². The lowest BCUT2D eigenvalue weighted by molar-refractivity contribution is -0.116. The molecule has 1 unspecified atom stereocenters. The molecule has 0 radical (unpaired) electrons. The second kappa shape index (κ2) is 3.26. The fourth-order valence-electron chi connectivity index (χ4n) is 2.54. The fourth-order valence-corrected chi connectivity index (χ4v) is 2.54. The zero-order chi connectivity index (χ0) is 10.3. The first kappa shape index (κ1) is 8.77. The summed E-state index contributed by atoms with van der Waals surface area (Å²) in [5.74, 6) is 0.372. The highest BCUT2D eigenvalue weighted by Gasteiger charge is 2.32. The molecule has 15 heavy (non-hydrogen) atoms. The second-order valence-electron chi connectivity index (χ2n) is 4.26. The van der Waals surface area contributed by atoms with Gasteiger partial charge in [0.2, 0.25) is 0 Å². The van der Waals surface area contributed by atoms with E-state index in [0.29, 0.717) is 18.4 Å². The maximum atomic E-state index is 11.5. The van der Waals surface area contributed by atoms with Gasteiger partial charge in [-0.1, -0.05) is 12.1 Å². The Kier molecular flexibility index (Phi) is 1.91. The van der Waals surface area contributed by atoms with Gasteiger partial charge in [-0.15, -0.1) is 0 Å². The number of anilines is 2. The summed E-state index contributed by atoms with van der Waals surface area (Å²) >= 11 is 0. The quantitative estimate of drug-likeness (QED) is 0.694. The maximum Gasteiger partial charge on any atom is 0.154 e. The van der Waals surface area contributed by atoms with Gasteiger partial charge in [-0.05, 0) is 18.6 Å². The lowest BCUT2D eigenvalue weighted by Crippen LogP contribution is -2.28. The van der Waals surface area contributed by atoms with Crippen molar-refractivity contribution < 1.29 is 4.79 Å². The van der Waals surface area contributed by atoms with E-state index >= 15 is 0 Å². The third-order valence-corrected chi connectivity index (χ3v) is 3.26. The molecule has 0 spiro atoms. The zero-order valence-electron chi connectivity index (χ0n) is 8.57. The molecule has 1 saturated heterocycles. The van der Waals surface area contributed by atoms with Crippen LogP contribution < -0.4 is 10.2 Å². The Bertz CT molecular complexity index is 402. The van der Waals surface area contributed by atoms with E-state index in [1.807, 2.05) is 12.1 Å². The van der Waals surface area contributed by atoms with Crippen LogP contribution in [0.5, 0.6) is 0 Å². The van der Waals surface area contributed by atoms with Crippen molar-refractivity contribution in [1.29, 1.82) is 0 Å². The molecule has 2 aliphatic heterocycles. The number of nitrogens with zero attached hydrogens (tertiary/aromatic N) is 1. The van der Waals surface area contributed by atoms with Gasteiger partial charge in [0, 0.05) is 19.0 Å². The number of hydrogen-bond donors (Lipinski definition) is 1. The lowest BCUT2D eigenvalue weighted by atomic mass is 10.1. The van der Waals surface area contributed by atoms with E-state index in [1.54, 1.807) is 0 Å². The summed E-state index contributed by atoms with van der Waals surface area (Å²) in [6.07, 6.45) is 1.77. The van der Waals surface area contributed by atoms with Gasteiger partial charge in [0.25, 0.3) is 0 Å². The van der Waals surface area contributed by atoms with Crippen LogP contribution in [0.1, 0.15) is 12.8 Å². The highest BCUT2D eigenvalue weighted by molar-refractivity contribution is 5.90. The van der Waals surface area contributed by atoms with Crippen molar-refractivity contribution in [3.05, 3.63) is 24.3 Å². The Labute approximate surface area is 89.1 Å². The summed E-state index contributed by atoms with van der Waals surface area (Å²) in [6.45, 7) is 1.55. The van der Waals surface area contributed by atoms with Crippen LogP contribution in [0.15, 0.2) is 24.3 Å². The molecule has 1 aromatic rings. The molecule has 3 rings (SSSR count). The van der Waals surface area contributed by atoms with E-state index in [0.717, 1.165) is 25.1 Å². The minimum absolute atomic E-state index is 0.372. The predicted molar refractivity (Wildman–Crippen MR) is 60.3 cm³/mol. The first-order valence-electron chi connectivity index (χ1n) is 5.46. The maximum absolute atomic E-state index is 11.5. The van der Waals surface area contributed by atoms with Gasteiger partial charge in [-0.25, -0.2) is 0 Å². The molecule has 1 N–H and O–H groups in total. The third kappa shape index (κ3) is 1.39. The van der Waals surface area contributed by atoms with Crippen LogP contribution in [0.3, 0.4) is 0 Å². The van der Waals surface area contributed by atoms with E-state index in [-0.39, 0.29) is 0 Å². The lowest BCUT2D eigenvalue weighted by Gasteiger charge is -2.24. The van der Waals surface area contributed by atoms with Crippen molar-refractivity contribution in [3.63, 3.8) is 0 Å². The van der Waals surface area contributed by atoms with Crippen LogP contribution in [-0.4, -0.2) is 24.9 Å². The molecule has 1 fully saturated rings. The molecule has 78 valence electrons. The van der Waals surface area contributed by atoms with Gasteiger partial charge in [0.05, 0.1) is 17.9 Å². The van der Waals surface area contributed by atoms with Gasteiger partial charge in [-0.3, -0.25) is 4.79 Å². The van der Waals surface area contributed by atoms with Crippen molar-refractivity contribution in [2.75, 3.05) is 23.3 Å². The highest BCUT2D eigenvalue weighted by atomic mass is 16.1. The van der Waals surface area contributed by atoms with E-state index < -0.39 is 0 Å². The number of fused-ring (bicyclic) bond motifs is 3. The van der Waals surface area contributed by atoms with E-state index in [1.165, 1.54) is 5.69 Å². The van der Waals surface area contributed by atoms with Crippen LogP contribution in [0.25, 0.3) is 0 Å². The number of para-hydroxylation sites is 2. The summed E-state index contributed by atoms with van der Waals surface area (Å²) in [4.78, 5) is 13.7. The Hall–Kier alpha value is -1.51. The number of nitrogens with one attached hydrogen (secondary N) is 1. The van der Waals surface area contributed by atoms with Crippen molar-refractivity contribution in [2.45, 2.75) is 18.9 Å². The van der Waals surface area contributed by atoms with Gasteiger partial charge in [-0.2, -0.15) is 0 Å². The van der Waals surface area contributed by atoms with Gasteiger partial charge in [0.1, 0.15) is 0 Å². The Morgan fingerprint density at radius 3 is 3.13 bits per heavy atom. The average Bonchev–Trinajstić information content (AvgIpc) is 2.52. The largest absolute Gasteiger partial charge is 0.383 e. The number of carbonyl (C=O) groups excluding carboxylic acids is 1. The summed E-state index contributed by atoms with van der Waals surface area (Å²) in [5.41, 5.74) is 2.35. The summed E-state index contributed by atoms with van der Waals surface area (Å²) in [6, 6.07) is 8.66. The average molecular weight is 202 g/mol. The minimum atomic E-state index is 0.372. The molecule has 0 amide bonds. The fraction of sp³-hybridized carbons (Fsp3) is 0.417. The summed E-state index contributed by atoms with van der Waals surface area (Å²) < 4.78 is 0. The van der Waals surface area contributed by atoms with Crippen LogP contribution in [0.2, 0.25) is 0 Å². The standard InChI is InChI=1S/C12H14N2O/c15-10-7-9-5-6-13-11-3-1-2-4-12(11)14(9)8-10/h1-4,9,13H,5-8H2. The van der Waals surface area contributed by atoms with E-state index in [4.69, 9.17) is 0 Å². The molecular formula is C12H14N2O. The predicted octanol–water partition coefficient (Wildman–Crippen LogP) is 1.65. The van der Waals surface area contributed by atoms with E-state index in [9.17, 15) is 4.79 Å². The minimum Gasteiger partial charge on any atom is -0.383 e. The van der Waals surface area contributed by atoms with Crippen molar-refractivity contribution in [1.82, 2.24) is 0 Å². The summed E-state index contributed by atoms with van der Waals surface area (Å²) in [5, 5.41) is 3.42. The second-order valence-corrected chi connectivity index (χ2v) is 4.26. The molecule has 0 aromatic heterocycles. The number of rotatable bonds is 0. The molecule has 2 heterocycles. The first-order valence-corrected chi connectivity index (χ1v) is 5.46. The molecule has 3 nitrogen and oxygen atoms in total. The van der Waals surface area contributed by atoms with E-state index in [2.05, 4.69) is 22.3 Å². The van der Waals surface area contributed by atoms with Crippen molar-refractivity contribution in [2.24, 2.45) is 0 Å². The number of Topliss-reactive ketones (excluding diaryl/α,β-unsaturated/α-hetero) is 1. The Morgan fingerprint density at radius 2 is 2.20 bits per heavy atom. The summed E-state index contributed by atoms with van der Waals surface area (Å²) in [7, 11) is 0. The van der Waals surface area contributed by atoms with Gasteiger partial charge in [0.15, 0.2) is 5.78 Å². The molecule has 0 aliphatic carbocycles. The molecule has 3 heteroatoms. The SMILES string of the molecule is O=C1CC2CCNc3ccccc3N2C1. The number of carbonyl (C=O) groups is 1. The van der Waals surface area contributed by atoms with Gasteiger partial charge < -0.3 is 10.2 Å². The molecule has 0 saturated carbocycles. The monoisotopic (exact) mass is 202 g/mol. The van der Waals surface area contributed by atoms with Crippen LogP contribution >= 0.6 is 0 Å².